The molecule has 7 heteroatoms. The maximum atomic E-state index is 12.1. The average molecular weight is 333 g/mol. The molecule has 2 rings (SSSR count). The van der Waals surface area contributed by atoms with Crippen LogP contribution in [0.3, 0.4) is 0 Å². The first-order chi connectivity index (χ1) is 11.0. The fourth-order valence-corrected chi connectivity index (χ4v) is 3.14. The van der Waals surface area contributed by atoms with Gasteiger partial charge in [-0.25, -0.2) is 0 Å². The van der Waals surface area contributed by atoms with Crippen molar-refractivity contribution in [3.8, 4) is 0 Å². The van der Waals surface area contributed by atoms with Gasteiger partial charge in [-0.15, -0.1) is 11.3 Å². The van der Waals surface area contributed by atoms with E-state index >= 15 is 0 Å². The lowest BCUT2D eigenvalue weighted by atomic mass is 10.1. The fraction of sp³-hybridized carbons (Fsp3) is 0.312. The van der Waals surface area contributed by atoms with Crippen molar-refractivity contribution < 1.29 is 9.72 Å². The number of non-ortho nitro benzene ring substituents is 1. The number of carbonyl (C=O) groups is 1. The highest BCUT2D eigenvalue weighted by Crippen LogP contribution is 2.22. The van der Waals surface area contributed by atoms with Gasteiger partial charge in [-0.3, -0.25) is 14.9 Å². The largest absolute Gasteiger partial charge is 0.354 e. The molecule has 0 radical (unpaired) electrons. The maximum absolute atomic E-state index is 12.1. The number of likely N-dealkylation sites (N-methyl/N-ethyl adjacent to an activating group) is 1. The Balaban J connectivity index is 1.90. The van der Waals surface area contributed by atoms with Crippen LogP contribution in [0.1, 0.15) is 16.5 Å². The number of nitrogens with one attached hydrogen (secondary N) is 1. The van der Waals surface area contributed by atoms with Crippen LogP contribution in [0.25, 0.3) is 0 Å². The number of benzene rings is 1. The third-order valence-corrected chi connectivity index (χ3v) is 4.47. The topological polar surface area (TPSA) is 75.5 Å². The molecule has 1 unspecified atom stereocenters. The molecule has 0 aliphatic rings. The van der Waals surface area contributed by atoms with Crippen LogP contribution in [-0.4, -0.2) is 36.4 Å². The number of nitro groups is 1. The summed E-state index contributed by atoms with van der Waals surface area (Å²) in [5.41, 5.74) is 0.783. The number of thiophene rings is 1. The van der Waals surface area contributed by atoms with E-state index in [1.807, 2.05) is 25.5 Å². The number of hydrogen-bond acceptors (Lipinski definition) is 5. The van der Waals surface area contributed by atoms with Gasteiger partial charge >= 0.3 is 0 Å². The van der Waals surface area contributed by atoms with Crippen LogP contribution in [0.4, 0.5) is 5.69 Å². The van der Waals surface area contributed by atoms with E-state index in [2.05, 4.69) is 16.3 Å². The van der Waals surface area contributed by atoms with E-state index in [9.17, 15) is 14.9 Å². The van der Waals surface area contributed by atoms with Crippen LogP contribution in [0.15, 0.2) is 41.8 Å². The van der Waals surface area contributed by atoms with E-state index in [0.717, 1.165) is 5.56 Å². The van der Waals surface area contributed by atoms with Crippen molar-refractivity contribution in [2.24, 2.45) is 0 Å². The minimum absolute atomic E-state index is 0.0273. The van der Waals surface area contributed by atoms with Crippen molar-refractivity contribution in [3.05, 3.63) is 62.3 Å². The van der Waals surface area contributed by atoms with Gasteiger partial charge in [0.2, 0.25) is 5.91 Å². The van der Waals surface area contributed by atoms with Crippen molar-refractivity contribution in [2.45, 2.75) is 12.5 Å². The molecule has 0 saturated carbocycles. The Hall–Kier alpha value is -2.25. The molecule has 0 fully saturated rings. The molecule has 1 heterocycles. The molecule has 23 heavy (non-hydrogen) atoms. The molecular formula is C16H19N3O3S. The van der Waals surface area contributed by atoms with Crippen LogP contribution in [0, 0.1) is 10.1 Å². The van der Waals surface area contributed by atoms with Crippen molar-refractivity contribution in [2.75, 3.05) is 20.6 Å². The summed E-state index contributed by atoms with van der Waals surface area (Å²) in [6, 6.07) is 10.2. The molecule has 1 N–H and O–H groups in total. The predicted octanol–water partition coefficient (Wildman–Crippen LogP) is 2.62. The zero-order valence-electron chi connectivity index (χ0n) is 13.1. The highest BCUT2D eigenvalue weighted by atomic mass is 32.1. The van der Waals surface area contributed by atoms with Gasteiger partial charge in [0.25, 0.3) is 5.69 Å². The number of carbonyl (C=O) groups excluding carboxylic acids is 1. The van der Waals surface area contributed by atoms with E-state index in [1.165, 1.54) is 17.0 Å². The second kappa shape index (κ2) is 7.85. The van der Waals surface area contributed by atoms with Crippen molar-refractivity contribution in [1.82, 2.24) is 10.2 Å². The highest BCUT2D eigenvalue weighted by Gasteiger charge is 2.16. The summed E-state index contributed by atoms with van der Waals surface area (Å²) in [6.07, 6.45) is 0.211. The summed E-state index contributed by atoms with van der Waals surface area (Å²) in [5, 5.41) is 15.6. The average Bonchev–Trinajstić information content (AvgIpc) is 3.01. The molecule has 1 aromatic heterocycles. The van der Waals surface area contributed by atoms with Gasteiger partial charge in [0.15, 0.2) is 0 Å². The Bertz CT molecular complexity index is 654. The molecule has 0 spiro atoms. The molecule has 6 nitrogen and oxygen atoms in total. The maximum Gasteiger partial charge on any atom is 0.269 e. The summed E-state index contributed by atoms with van der Waals surface area (Å²) in [4.78, 5) is 25.5. The van der Waals surface area contributed by atoms with Crippen molar-refractivity contribution in [3.63, 3.8) is 0 Å². The Morgan fingerprint density at radius 3 is 2.52 bits per heavy atom. The van der Waals surface area contributed by atoms with Gasteiger partial charge < -0.3 is 10.2 Å². The quantitative estimate of drug-likeness (QED) is 0.624. The van der Waals surface area contributed by atoms with Crippen LogP contribution < -0.4 is 5.32 Å². The second-order valence-corrected chi connectivity index (χ2v) is 6.38. The van der Waals surface area contributed by atoms with Crippen molar-refractivity contribution in [1.29, 1.82) is 0 Å². The molecule has 1 atom stereocenters. The molecule has 1 amide bonds. The zero-order valence-corrected chi connectivity index (χ0v) is 13.9. The van der Waals surface area contributed by atoms with E-state index in [4.69, 9.17) is 0 Å². The van der Waals surface area contributed by atoms with Crippen LogP contribution in [0.5, 0.6) is 0 Å². The molecule has 0 bridgehead atoms. The van der Waals surface area contributed by atoms with E-state index in [0.29, 0.717) is 6.54 Å². The molecule has 122 valence electrons. The first kappa shape index (κ1) is 17.1. The predicted molar refractivity (Wildman–Crippen MR) is 90.6 cm³/mol. The molecule has 0 aliphatic heterocycles. The zero-order chi connectivity index (χ0) is 16.8. The SMILES string of the molecule is CN(C)C(CNC(=O)Cc1ccc([N+](=O)[O-])cc1)c1cccs1. The standard InChI is InChI=1S/C16H19N3O3S/c1-18(2)14(15-4-3-9-23-15)11-17-16(20)10-12-5-7-13(8-6-12)19(21)22/h3-9,14H,10-11H2,1-2H3,(H,17,20). The Labute approximate surface area is 138 Å². The number of nitrogens with zero attached hydrogens (tertiary/aromatic N) is 2. The highest BCUT2D eigenvalue weighted by molar-refractivity contribution is 7.10. The number of nitro benzene ring substituents is 1. The van der Waals surface area contributed by atoms with Gasteiger partial charge in [-0.1, -0.05) is 18.2 Å². The van der Waals surface area contributed by atoms with Gasteiger partial charge in [-0.05, 0) is 31.1 Å². The normalized spacial score (nSPS) is 12.1. The summed E-state index contributed by atoms with van der Waals surface area (Å²) in [5.74, 6) is -0.0951. The van der Waals surface area contributed by atoms with Crippen molar-refractivity contribution >= 4 is 22.9 Å². The fourth-order valence-electron chi connectivity index (χ4n) is 2.21. The number of hydrogen-bond donors (Lipinski definition) is 1. The smallest absolute Gasteiger partial charge is 0.269 e. The molecule has 1 aromatic carbocycles. The third-order valence-electron chi connectivity index (χ3n) is 3.50. The minimum Gasteiger partial charge on any atom is -0.354 e. The number of amides is 1. The summed E-state index contributed by atoms with van der Waals surface area (Å²) in [7, 11) is 3.96. The van der Waals surface area contributed by atoms with E-state index in [1.54, 1.807) is 23.5 Å². The Morgan fingerprint density at radius 2 is 2.00 bits per heavy atom. The first-order valence-corrected chi connectivity index (χ1v) is 8.05. The lowest BCUT2D eigenvalue weighted by Crippen LogP contribution is -2.34. The molecule has 0 saturated heterocycles. The lowest BCUT2D eigenvalue weighted by Gasteiger charge is -2.23. The summed E-state index contributed by atoms with van der Waals surface area (Å²) >= 11 is 1.66. The molecule has 2 aromatic rings. The Morgan fingerprint density at radius 1 is 1.30 bits per heavy atom. The Kier molecular flexibility index (Phi) is 5.84. The summed E-state index contributed by atoms with van der Waals surface area (Å²) < 4.78 is 0. The van der Waals surface area contributed by atoms with E-state index < -0.39 is 4.92 Å². The van der Waals surface area contributed by atoms with Gasteiger partial charge in [0, 0.05) is 23.6 Å². The third kappa shape index (κ3) is 4.87. The van der Waals surface area contributed by atoms with E-state index in [-0.39, 0.29) is 24.1 Å². The van der Waals surface area contributed by atoms with Crippen LogP contribution in [-0.2, 0) is 11.2 Å². The molecular weight excluding hydrogens is 314 g/mol. The van der Waals surface area contributed by atoms with Crippen LogP contribution >= 0.6 is 11.3 Å². The van der Waals surface area contributed by atoms with Gasteiger partial charge in [0.05, 0.1) is 17.4 Å². The van der Waals surface area contributed by atoms with Gasteiger partial charge in [0.1, 0.15) is 0 Å². The first-order valence-electron chi connectivity index (χ1n) is 7.17. The van der Waals surface area contributed by atoms with Crippen LogP contribution in [0.2, 0.25) is 0 Å². The molecule has 0 aliphatic carbocycles. The minimum atomic E-state index is -0.452. The van der Waals surface area contributed by atoms with Gasteiger partial charge in [-0.2, -0.15) is 0 Å². The monoisotopic (exact) mass is 333 g/mol. The lowest BCUT2D eigenvalue weighted by molar-refractivity contribution is -0.384. The summed E-state index contributed by atoms with van der Waals surface area (Å²) in [6.45, 7) is 0.527. The number of rotatable bonds is 7. The second-order valence-electron chi connectivity index (χ2n) is 5.40.